The lowest BCUT2D eigenvalue weighted by molar-refractivity contribution is -0.137. The molecule has 28 heavy (non-hydrogen) atoms. The van der Waals surface area contributed by atoms with Crippen molar-refractivity contribution >= 4 is 56.2 Å². The second-order valence-corrected chi connectivity index (χ2v) is 9.42. The summed E-state index contributed by atoms with van der Waals surface area (Å²) in [5.74, 6) is -0.802. The zero-order valence-corrected chi connectivity index (χ0v) is 17.0. The van der Waals surface area contributed by atoms with Gasteiger partial charge in [-0.15, -0.1) is 0 Å². The highest BCUT2D eigenvalue weighted by molar-refractivity contribution is 7.95. The minimum Gasteiger partial charge on any atom is -0.480 e. The van der Waals surface area contributed by atoms with E-state index in [0.29, 0.717) is 16.8 Å². The topological polar surface area (TPSA) is 85.0 Å². The molecule has 0 N–H and O–H groups in total. The Morgan fingerprint density at radius 3 is 2.04 bits per heavy atom. The van der Waals surface area contributed by atoms with E-state index in [1.54, 1.807) is 0 Å². The number of sulfone groups is 1. The van der Waals surface area contributed by atoms with E-state index >= 15 is 0 Å². The molecular formula is C13H5Cl4F4N3O3S. The van der Waals surface area contributed by atoms with Crippen LogP contribution in [0.5, 0.6) is 5.88 Å². The van der Waals surface area contributed by atoms with E-state index in [1.807, 2.05) is 0 Å². The molecule has 1 aromatic heterocycles. The number of nitriles is 1. The molecule has 0 bridgehead atoms. The molecule has 15 heteroatoms. The summed E-state index contributed by atoms with van der Waals surface area (Å²) in [6.45, 7) is 0. The third-order valence-corrected chi connectivity index (χ3v) is 6.54. The van der Waals surface area contributed by atoms with E-state index < -0.39 is 57.7 Å². The predicted molar refractivity (Wildman–Crippen MR) is 92.6 cm³/mol. The summed E-state index contributed by atoms with van der Waals surface area (Å²) in [6, 6.07) is 2.36. The lowest BCUT2D eigenvalue weighted by Crippen LogP contribution is -2.22. The summed E-state index contributed by atoms with van der Waals surface area (Å²) >= 11 is 21.8. The smallest absolute Gasteiger partial charge is 0.416 e. The Bertz CT molecular complexity index is 1070. The summed E-state index contributed by atoms with van der Waals surface area (Å²) in [5.41, 5.74) is -2.57. The Morgan fingerprint density at radius 2 is 1.68 bits per heavy atom. The molecule has 0 atom stereocenters. The number of hydrogen-bond acceptors (Lipinski definition) is 5. The highest BCUT2D eigenvalue weighted by Gasteiger charge is 2.47. The van der Waals surface area contributed by atoms with Crippen LogP contribution in [0.1, 0.15) is 11.3 Å². The number of aromatic nitrogens is 2. The van der Waals surface area contributed by atoms with Gasteiger partial charge in [-0.05, 0) is 35.3 Å². The highest BCUT2D eigenvalue weighted by Crippen LogP contribution is 2.44. The number of halogens is 8. The first-order valence-corrected chi connectivity index (χ1v) is 9.61. The molecular weight excluding hydrogens is 496 g/mol. The van der Waals surface area contributed by atoms with Crippen LogP contribution in [0.25, 0.3) is 5.69 Å². The van der Waals surface area contributed by atoms with E-state index in [0.717, 1.165) is 7.11 Å². The number of rotatable bonds is 4. The van der Waals surface area contributed by atoms with Crippen molar-refractivity contribution in [2.75, 3.05) is 7.11 Å². The number of methoxy groups -OCH3 is 1. The first kappa shape index (κ1) is 22.8. The quantitative estimate of drug-likeness (QED) is 0.440. The van der Waals surface area contributed by atoms with Gasteiger partial charge in [0.2, 0.25) is 5.88 Å². The number of hydrogen-bond donors (Lipinski definition) is 0. The third-order valence-electron chi connectivity index (χ3n) is 3.23. The maximum Gasteiger partial charge on any atom is 0.416 e. The van der Waals surface area contributed by atoms with Gasteiger partial charge in [0.1, 0.15) is 11.8 Å². The van der Waals surface area contributed by atoms with Gasteiger partial charge in [0.05, 0.1) is 22.7 Å². The Morgan fingerprint density at radius 1 is 1.18 bits per heavy atom. The molecule has 0 fully saturated rings. The van der Waals surface area contributed by atoms with Crippen molar-refractivity contribution in [3.05, 3.63) is 33.4 Å². The fourth-order valence-electron chi connectivity index (χ4n) is 2.08. The van der Waals surface area contributed by atoms with Gasteiger partial charge in [-0.1, -0.05) is 23.2 Å². The molecule has 0 saturated heterocycles. The highest BCUT2D eigenvalue weighted by atomic mass is 35.5. The number of ether oxygens (including phenoxy) is 1. The van der Waals surface area contributed by atoms with Crippen molar-refractivity contribution in [1.82, 2.24) is 9.78 Å². The molecule has 0 radical (unpaired) electrons. The maximum absolute atomic E-state index is 13.8. The lowest BCUT2D eigenvalue weighted by Gasteiger charge is -2.15. The van der Waals surface area contributed by atoms with Gasteiger partial charge in [-0.3, -0.25) is 0 Å². The average Bonchev–Trinajstić information content (AvgIpc) is 2.91. The SMILES string of the molecule is COc1c(S(=O)(=O)C(F)(Cl)Cl)c(C#N)nn1-c1c(Cl)cc(C(F)(F)F)cc1Cl. The summed E-state index contributed by atoms with van der Waals surface area (Å²) < 4.78 is 78.5. The summed E-state index contributed by atoms with van der Waals surface area (Å²) in [7, 11) is -4.32. The van der Waals surface area contributed by atoms with Gasteiger partial charge in [-0.25, -0.2) is 8.42 Å². The standard InChI is InChI=1S/C13H5Cl4F4N3O3S/c1-27-11-10(28(25,26)13(16,17)21)8(4-22)23-24(11)9-6(14)2-5(3-7(9)15)12(18,19)20/h2-3H,1H3. The second kappa shape index (κ2) is 7.42. The molecule has 0 saturated carbocycles. The van der Waals surface area contributed by atoms with Crippen LogP contribution in [0.2, 0.25) is 10.0 Å². The minimum atomic E-state index is -5.24. The zero-order valence-electron chi connectivity index (χ0n) is 13.2. The monoisotopic (exact) mass is 499 g/mol. The predicted octanol–water partition coefficient (Wildman–Crippen LogP) is 4.91. The molecule has 1 aromatic carbocycles. The van der Waals surface area contributed by atoms with Gasteiger partial charge in [0.25, 0.3) is 9.84 Å². The van der Waals surface area contributed by atoms with Crippen LogP contribution in [-0.4, -0.2) is 29.2 Å². The van der Waals surface area contributed by atoms with Gasteiger partial charge < -0.3 is 4.74 Å². The molecule has 0 aliphatic rings. The third kappa shape index (κ3) is 3.84. The van der Waals surface area contributed by atoms with Crippen LogP contribution >= 0.6 is 46.4 Å². The van der Waals surface area contributed by atoms with Crippen molar-refractivity contribution in [2.45, 2.75) is 15.0 Å². The normalized spacial score (nSPS) is 12.7. The Kier molecular flexibility index (Phi) is 6.05. The Labute approximate surface area is 175 Å². The molecule has 0 aliphatic carbocycles. The van der Waals surface area contributed by atoms with Gasteiger partial charge in [0.15, 0.2) is 10.6 Å². The van der Waals surface area contributed by atoms with E-state index in [-0.39, 0.29) is 0 Å². The van der Waals surface area contributed by atoms with E-state index in [9.17, 15) is 26.0 Å². The molecule has 0 spiro atoms. The molecule has 0 unspecified atom stereocenters. The summed E-state index contributed by atoms with van der Waals surface area (Å²) in [4.78, 5) is -1.14. The van der Waals surface area contributed by atoms with Gasteiger partial charge >= 0.3 is 10.1 Å². The van der Waals surface area contributed by atoms with Crippen molar-refractivity contribution < 1.29 is 30.7 Å². The molecule has 152 valence electrons. The Hall–Kier alpha value is -1.45. The molecule has 2 rings (SSSR count). The van der Waals surface area contributed by atoms with Gasteiger partial charge in [0, 0.05) is 0 Å². The van der Waals surface area contributed by atoms with Crippen LogP contribution in [0, 0.1) is 11.3 Å². The molecule has 6 nitrogen and oxygen atoms in total. The average molecular weight is 501 g/mol. The fraction of sp³-hybridized carbons (Fsp3) is 0.231. The van der Waals surface area contributed by atoms with Crippen LogP contribution in [0.15, 0.2) is 17.0 Å². The van der Waals surface area contributed by atoms with Crippen molar-refractivity contribution in [3.63, 3.8) is 0 Å². The molecule has 1 heterocycles. The van der Waals surface area contributed by atoms with Crippen molar-refractivity contribution in [2.24, 2.45) is 0 Å². The largest absolute Gasteiger partial charge is 0.480 e. The van der Waals surface area contributed by atoms with E-state index in [2.05, 4.69) is 5.10 Å². The van der Waals surface area contributed by atoms with Gasteiger partial charge in [-0.2, -0.15) is 32.6 Å². The second-order valence-electron chi connectivity index (χ2n) is 4.95. The lowest BCUT2D eigenvalue weighted by atomic mass is 10.2. The van der Waals surface area contributed by atoms with Crippen LogP contribution in [-0.2, 0) is 16.0 Å². The zero-order chi connectivity index (χ0) is 21.7. The number of alkyl halides is 6. The van der Waals surface area contributed by atoms with Crippen molar-refractivity contribution in [3.8, 4) is 17.6 Å². The Balaban J connectivity index is 2.90. The first-order valence-electron chi connectivity index (χ1n) is 6.61. The van der Waals surface area contributed by atoms with E-state index in [4.69, 9.17) is 56.4 Å². The van der Waals surface area contributed by atoms with Crippen LogP contribution in [0.3, 0.4) is 0 Å². The minimum absolute atomic E-state index is 0.459. The number of benzene rings is 1. The summed E-state index contributed by atoms with van der Waals surface area (Å²) in [6.07, 6.45) is -4.78. The molecule has 2 aromatic rings. The molecule has 0 aliphatic heterocycles. The fourth-order valence-corrected chi connectivity index (χ4v) is 4.16. The molecule has 0 amide bonds. The maximum atomic E-state index is 13.8. The van der Waals surface area contributed by atoms with Crippen molar-refractivity contribution in [1.29, 1.82) is 5.26 Å². The van der Waals surface area contributed by atoms with E-state index in [1.165, 1.54) is 6.07 Å². The van der Waals surface area contributed by atoms with Crippen LogP contribution < -0.4 is 4.74 Å². The first-order chi connectivity index (χ1) is 12.7. The number of nitrogens with zero attached hydrogens (tertiary/aromatic N) is 3. The van der Waals surface area contributed by atoms with Crippen LogP contribution in [0.4, 0.5) is 17.6 Å². The summed E-state index contributed by atoms with van der Waals surface area (Å²) in [5, 5.41) is 11.5.